The van der Waals surface area contributed by atoms with Crippen LogP contribution in [0, 0.1) is 0 Å². The van der Waals surface area contributed by atoms with Crippen LogP contribution in [-0.2, 0) is 16.1 Å². The summed E-state index contributed by atoms with van der Waals surface area (Å²) in [6.07, 6.45) is -4.90. The molecule has 39 heavy (non-hydrogen) atoms. The van der Waals surface area contributed by atoms with Gasteiger partial charge in [-0.15, -0.1) is 0 Å². The predicted molar refractivity (Wildman–Crippen MR) is 144 cm³/mol. The summed E-state index contributed by atoms with van der Waals surface area (Å²) in [5, 5.41) is 12.7. The van der Waals surface area contributed by atoms with Crippen molar-refractivity contribution in [2.75, 3.05) is 11.9 Å². The molecule has 0 saturated carbocycles. The molecule has 1 saturated heterocycles. The maximum atomic E-state index is 13.5. The second-order valence-electron chi connectivity index (χ2n) is 9.50. The van der Waals surface area contributed by atoms with E-state index in [4.69, 9.17) is 0 Å². The molecule has 2 N–H and O–H groups in total. The summed E-state index contributed by atoms with van der Waals surface area (Å²) in [7, 11) is 0. The Labute approximate surface area is 225 Å². The fraction of sp³-hybridized carbons (Fsp3) is 0.300. The van der Waals surface area contributed by atoms with Gasteiger partial charge in [-0.25, -0.2) is 4.79 Å². The molecule has 0 aromatic heterocycles. The Balaban J connectivity index is 1.64. The van der Waals surface area contributed by atoms with Gasteiger partial charge in [-0.3, -0.25) is 14.7 Å². The average Bonchev–Trinajstić information content (AvgIpc) is 3.38. The van der Waals surface area contributed by atoms with Gasteiger partial charge in [0.25, 0.3) is 0 Å². The van der Waals surface area contributed by atoms with Crippen molar-refractivity contribution in [3.05, 3.63) is 102 Å². The van der Waals surface area contributed by atoms with E-state index in [0.29, 0.717) is 29.8 Å². The van der Waals surface area contributed by atoms with Crippen molar-refractivity contribution >= 4 is 23.3 Å². The summed E-state index contributed by atoms with van der Waals surface area (Å²) in [4.78, 5) is 31.8. The number of alkyl halides is 3. The molecule has 0 spiro atoms. The van der Waals surface area contributed by atoms with Crippen LogP contribution >= 0.6 is 0 Å². The summed E-state index contributed by atoms with van der Waals surface area (Å²) in [5.41, 5.74) is 2.69. The highest BCUT2D eigenvalue weighted by Crippen LogP contribution is 2.27. The fourth-order valence-electron chi connectivity index (χ4n) is 4.74. The number of halogens is 3. The van der Waals surface area contributed by atoms with Gasteiger partial charge in [0, 0.05) is 24.1 Å². The Morgan fingerprint density at radius 1 is 0.974 bits per heavy atom. The largest absolute Gasteiger partial charge is 0.480 e. The topological polar surface area (TPSA) is 82.0 Å². The number of nitrogens with one attached hydrogen (secondary N) is 1. The van der Waals surface area contributed by atoms with Crippen LogP contribution < -0.4 is 5.32 Å². The summed E-state index contributed by atoms with van der Waals surface area (Å²) >= 11 is 0. The molecule has 0 aliphatic carbocycles. The van der Waals surface area contributed by atoms with Crippen molar-refractivity contribution in [1.82, 2.24) is 4.90 Å². The number of likely N-dealkylation sites (tertiary alicyclic amines) is 1. The average molecular weight is 538 g/mol. The highest BCUT2D eigenvalue weighted by molar-refractivity contribution is 6.17. The lowest BCUT2D eigenvalue weighted by Crippen LogP contribution is -2.39. The molecule has 0 bridgehead atoms. The molecule has 0 radical (unpaired) electrons. The van der Waals surface area contributed by atoms with Crippen LogP contribution in [0.15, 0.2) is 89.9 Å². The Morgan fingerprint density at radius 2 is 1.62 bits per heavy atom. The number of carbonyl (C=O) groups excluding carboxylic acids is 1. The second-order valence-corrected chi connectivity index (χ2v) is 9.50. The smallest absolute Gasteiger partial charge is 0.389 e. The van der Waals surface area contributed by atoms with Crippen molar-refractivity contribution in [1.29, 1.82) is 0 Å². The zero-order chi connectivity index (χ0) is 27.8. The summed E-state index contributed by atoms with van der Waals surface area (Å²) in [6.45, 7) is 1.42. The Kier molecular flexibility index (Phi) is 9.14. The van der Waals surface area contributed by atoms with Crippen LogP contribution in [0.3, 0.4) is 0 Å². The first kappa shape index (κ1) is 28.0. The predicted octanol–water partition coefficient (Wildman–Crippen LogP) is 5.92. The number of aliphatic imine (C=N–C) groups is 1. The first-order valence-electron chi connectivity index (χ1n) is 12.8. The third-order valence-corrected chi connectivity index (χ3v) is 6.65. The molecule has 1 aliphatic heterocycles. The van der Waals surface area contributed by atoms with Crippen LogP contribution in [0.5, 0.6) is 0 Å². The molecule has 0 unspecified atom stereocenters. The van der Waals surface area contributed by atoms with Crippen molar-refractivity contribution in [3.63, 3.8) is 0 Å². The van der Waals surface area contributed by atoms with Gasteiger partial charge in [-0.1, -0.05) is 78.9 Å². The van der Waals surface area contributed by atoms with Crippen molar-refractivity contribution < 1.29 is 27.9 Å². The second kappa shape index (κ2) is 12.7. The van der Waals surface area contributed by atoms with E-state index in [1.165, 1.54) is 0 Å². The van der Waals surface area contributed by atoms with Gasteiger partial charge in [0.2, 0.25) is 5.91 Å². The number of carbonyl (C=O) groups is 2. The van der Waals surface area contributed by atoms with E-state index in [1.54, 1.807) is 54.6 Å². The molecule has 4 rings (SSSR count). The van der Waals surface area contributed by atoms with Crippen LogP contribution in [0.1, 0.15) is 42.4 Å². The van der Waals surface area contributed by atoms with Crippen molar-refractivity contribution in [3.8, 4) is 0 Å². The van der Waals surface area contributed by atoms with Crippen LogP contribution in [0.4, 0.5) is 18.9 Å². The number of rotatable bonds is 10. The fourth-order valence-corrected chi connectivity index (χ4v) is 4.74. The van der Waals surface area contributed by atoms with E-state index in [2.05, 4.69) is 15.2 Å². The number of hydrogen-bond donors (Lipinski definition) is 2. The monoisotopic (exact) mass is 537 g/mol. The van der Waals surface area contributed by atoms with Crippen molar-refractivity contribution in [2.24, 2.45) is 4.99 Å². The molecule has 1 amide bonds. The van der Waals surface area contributed by atoms with E-state index < -0.39 is 31.0 Å². The molecule has 1 heterocycles. The molecule has 204 valence electrons. The number of carboxylic acid groups (broad SMARTS) is 1. The maximum absolute atomic E-state index is 13.5. The van der Waals surface area contributed by atoms with Gasteiger partial charge in [0.05, 0.1) is 17.4 Å². The summed E-state index contributed by atoms with van der Waals surface area (Å²) in [5.74, 6) is -1.65. The van der Waals surface area contributed by atoms with Gasteiger partial charge in [0.1, 0.15) is 6.04 Å². The van der Waals surface area contributed by atoms with E-state index in [-0.39, 0.29) is 17.7 Å². The third-order valence-electron chi connectivity index (χ3n) is 6.65. The molecule has 1 fully saturated rings. The summed E-state index contributed by atoms with van der Waals surface area (Å²) < 4.78 is 38.7. The van der Waals surface area contributed by atoms with E-state index >= 15 is 0 Å². The maximum Gasteiger partial charge on any atom is 0.389 e. The highest BCUT2D eigenvalue weighted by Gasteiger charge is 2.32. The quantitative estimate of drug-likeness (QED) is 0.315. The molecule has 6 nitrogen and oxygen atoms in total. The zero-order valence-corrected chi connectivity index (χ0v) is 21.3. The standard InChI is InChI=1S/C30H30F3N3O3/c31-30(32,33)18-17-25(29(38)39)34-27(22-12-5-2-6-13-22)23-14-7-8-15-24(23)35-28(37)26-16-9-19-36(26)20-21-10-3-1-4-11-21/h1-8,10-15,25-26H,9,16-20H2,(H,35,37)(H,38,39)/t25-,26-/m0/s1. The minimum atomic E-state index is -4.51. The number of benzene rings is 3. The third kappa shape index (κ3) is 7.77. The molecule has 1 aliphatic rings. The first-order valence-corrected chi connectivity index (χ1v) is 12.8. The van der Waals surface area contributed by atoms with E-state index in [9.17, 15) is 27.9 Å². The van der Waals surface area contributed by atoms with Gasteiger partial charge >= 0.3 is 12.1 Å². The van der Waals surface area contributed by atoms with E-state index in [1.807, 2.05) is 30.3 Å². The Bertz CT molecular complexity index is 1300. The minimum absolute atomic E-state index is 0.199. The SMILES string of the molecule is O=C(O)[C@H](CCC(F)(F)F)N=C(c1ccccc1)c1ccccc1NC(=O)[C@@H]1CCCN1Cc1ccccc1. The number of nitrogens with zero attached hydrogens (tertiary/aromatic N) is 2. The number of carboxylic acids is 1. The van der Waals surface area contributed by atoms with Gasteiger partial charge in [-0.2, -0.15) is 13.2 Å². The first-order chi connectivity index (χ1) is 18.7. The lowest BCUT2D eigenvalue weighted by molar-refractivity contribution is -0.144. The highest BCUT2D eigenvalue weighted by atomic mass is 19.4. The van der Waals surface area contributed by atoms with Crippen LogP contribution in [0.2, 0.25) is 0 Å². The Hall–Kier alpha value is -3.98. The van der Waals surface area contributed by atoms with Gasteiger partial charge in [0.15, 0.2) is 0 Å². The molecule has 3 aromatic carbocycles. The number of hydrogen-bond acceptors (Lipinski definition) is 4. The molecule has 9 heteroatoms. The lowest BCUT2D eigenvalue weighted by atomic mass is 9.99. The Morgan fingerprint density at radius 3 is 2.28 bits per heavy atom. The normalized spacial score (nSPS) is 17.1. The van der Waals surface area contributed by atoms with E-state index in [0.717, 1.165) is 18.5 Å². The lowest BCUT2D eigenvalue weighted by Gasteiger charge is -2.24. The molecular formula is C30H30F3N3O3. The minimum Gasteiger partial charge on any atom is -0.480 e. The van der Waals surface area contributed by atoms with Gasteiger partial charge < -0.3 is 10.4 Å². The van der Waals surface area contributed by atoms with Crippen LogP contribution in [-0.4, -0.2) is 52.4 Å². The number of amides is 1. The number of aliphatic carboxylic acids is 1. The van der Waals surface area contributed by atoms with Gasteiger partial charge in [-0.05, 0) is 37.4 Å². The number of para-hydroxylation sites is 1. The molecule has 2 atom stereocenters. The zero-order valence-electron chi connectivity index (χ0n) is 21.3. The molecule has 3 aromatic rings. The van der Waals surface area contributed by atoms with Crippen LogP contribution in [0.25, 0.3) is 0 Å². The summed E-state index contributed by atoms with van der Waals surface area (Å²) in [6, 6.07) is 23.4. The number of anilines is 1. The molecular weight excluding hydrogens is 507 g/mol. The van der Waals surface area contributed by atoms with Crippen molar-refractivity contribution in [2.45, 2.75) is 50.5 Å².